The second-order valence-corrected chi connectivity index (χ2v) is 5.20. The van der Waals surface area contributed by atoms with Gasteiger partial charge in [0, 0.05) is 39.6 Å². The number of hydrogen-bond donors (Lipinski definition) is 2. The Hall–Kier alpha value is -1.66. The molecule has 1 saturated heterocycles. The highest BCUT2D eigenvalue weighted by atomic mass is 19.1. The van der Waals surface area contributed by atoms with Crippen molar-refractivity contribution in [3.63, 3.8) is 0 Å². The van der Waals surface area contributed by atoms with E-state index in [1.807, 2.05) is 0 Å². The third-order valence-corrected chi connectivity index (χ3v) is 3.59. The molecule has 0 bridgehead atoms. The Morgan fingerprint density at radius 1 is 1.50 bits per heavy atom. The van der Waals surface area contributed by atoms with Gasteiger partial charge in [-0.2, -0.15) is 0 Å². The molecule has 2 rings (SSSR count). The number of carbonyl (C=O) groups is 1. The number of hydrogen-bond acceptors (Lipinski definition) is 4. The van der Waals surface area contributed by atoms with Crippen molar-refractivity contribution in [3.8, 4) is 0 Å². The molecule has 1 aliphatic heterocycles. The zero-order chi connectivity index (χ0) is 14.8. The van der Waals surface area contributed by atoms with Crippen LogP contribution in [-0.2, 0) is 4.74 Å². The molecule has 1 aromatic rings. The topological polar surface area (TPSA) is 75.8 Å². The van der Waals surface area contributed by atoms with Crippen LogP contribution in [0.2, 0.25) is 0 Å². The summed E-state index contributed by atoms with van der Waals surface area (Å²) >= 11 is 0. The van der Waals surface area contributed by atoms with E-state index in [1.54, 1.807) is 7.05 Å². The first kappa shape index (κ1) is 14.7. The Morgan fingerprint density at radius 3 is 2.80 bits per heavy atom. The van der Waals surface area contributed by atoms with E-state index >= 15 is 0 Å². The zero-order valence-electron chi connectivity index (χ0n) is 11.4. The predicted molar refractivity (Wildman–Crippen MR) is 72.8 cm³/mol. The Kier molecular flexibility index (Phi) is 4.25. The third-order valence-electron chi connectivity index (χ3n) is 3.59. The number of likely N-dealkylation sites (N-methyl/N-ethyl adjacent to an activating group) is 1. The Bertz CT molecular complexity index is 501. The SMILES string of the molecule is CN(CC1(O)CCOCC1)C(=O)c1cccc(F)c1N. The summed E-state index contributed by atoms with van der Waals surface area (Å²) in [6.07, 6.45) is 0.951. The van der Waals surface area contributed by atoms with Gasteiger partial charge in [0.1, 0.15) is 5.82 Å². The average Bonchev–Trinajstić information content (AvgIpc) is 2.41. The van der Waals surface area contributed by atoms with Crippen molar-refractivity contribution in [2.45, 2.75) is 18.4 Å². The number of nitrogens with two attached hydrogens (primary N) is 1. The summed E-state index contributed by atoms with van der Waals surface area (Å²) in [5, 5.41) is 10.4. The van der Waals surface area contributed by atoms with Crippen LogP contribution >= 0.6 is 0 Å². The molecule has 1 aromatic carbocycles. The molecule has 1 amide bonds. The molecule has 1 aliphatic rings. The maximum atomic E-state index is 13.4. The number of ether oxygens (including phenoxy) is 1. The van der Waals surface area contributed by atoms with Gasteiger partial charge in [-0.3, -0.25) is 4.79 Å². The number of para-hydroxylation sites is 1. The van der Waals surface area contributed by atoms with Crippen molar-refractivity contribution in [2.24, 2.45) is 0 Å². The third kappa shape index (κ3) is 3.08. The molecule has 0 aliphatic carbocycles. The zero-order valence-corrected chi connectivity index (χ0v) is 11.4. The molecule has 20 heavy (non-hydrogen) atoms. The molecule has 0 unspecified atom stereocenters. The van der Waals surface area contributed by atoms with Crippen molar-refractivity contribution in [1.29, 1.82) is 0 Å². The fourth-order valence-corrected chi connectivity index (χ4v) is 2.35. The van der Waals surface area contributed by atoms with Gasteiger partial charge in [0.15, 0.2) is 0 Å². The van der Waals surface area contributed by atoms with Crippen LogP contribution < -0.4 is 5.73 Å². The summed E-state index contributed by atoms with van der Waals surface area (Å²) in [5.74, 6) is -1.02. The van der Waals surface area contributed by atoms with Gasteiger partial charge in [-0.15, -0.1) is 0 Å². The molecule has 0 saturated carbocycles. The number of nitrogen functional groups attached to an aromatic ring is 1. The van der Waals surface area contributed by atoms with Crippen molar-refractivity contribution in [1.82, 2.24) is 4.90 Å². The number of nitrogens with zero attached hydrogens (tertiary/aromatic N) is 1. The molecule has 0 atom stereocenters. The second kappa shape index (κ2) is 5.76. The molecule has 1 heterocycles. The molecule has 5 nitrogen and oxygen atoms in total. The van der Waals surface area contributed by atoms with E-state index in [9.17, 15) is 14.3 Å². The van der Waals surface area contributed by atoms with Crippen molar-refractivity contribution in [2.75, 3.05) is 32.5 Å². The van der Waals surface area contributed by atoms with Crippen LogP contribution in [0.25, 0.3) is 0 Å². The highest BCUT2D eigenvalue weighted by molar-refractivity contribution is 5.99. The average molecular weight is 282 g/mol. The highest BCUT2D eigenvalue weighted by Gasteiger charge is 2.33. The first-order valence-corrected chi connectivity index (χ1v) is 6.52. The fourth-order valence-electron chi connectivity index (χ4n) is 2.35. The van der Waals surface area contributed by atoms with Crippen LogP contribution in [0.5, 0.6) is 0 Å². The minimum absolute atomic E-state index is 0.114. The van der Waals surface area contributed by atoms with Crippen molar-refractivity contribution < 1.29 is 19.0 Å². The second-order valence-electron chi connectivity index (χ2n) is 5.20. The van der Waals surface area contributed by atoms with Gasteiger partial charge in [0.05, 0.1) is 16.9 Å². The molecule has 3 N–H and O–H groups in total. The van der Waals surface area contributed by atoms with Crippen LogP contribution in [0.1, 0.15) is 23.2 Å². The first-order valence-electron chi connectivity index (χ1n) is 6.52. The van der Waals surface area contributed by atoms with Crippen LogP contribution in [0.15, 0.2) is 18.2 Å². The molecule has 0 aromatic heterocycles. The minimum Gasteiger partial charge on any atom is -0.396 e. The minimum atomic E-state index is -0.954. The number of halogens is 1. The van der Waals surface area contributed by atoms with E-state index in [0.29, 0.717) is 26.1 Å². The quantitative estimate of drug-likeness (QED) is 0.812. The molecule has 1 fully saturated rings. The molecule has 0 spiro atoms. The largest absolute Gasteiger partial charge is 0.396 e. The van der Waals surface area contributed by atoms with E-state index in [4.69, 9.17) is 10.5 Å². The number of amides is 1. The number of carbonyl (C=O) groups excluding carboxylic acids is 1. The van der Waals surface area contributed by atoms with E-state index in [-0.39, 0.29) is 17.8 Å². The Balaban J connectivity index is 2.10. The lowest BCUT2D eigenvalue weighted by Crippen LogP contribution is -2.47. The monoisotopic (exact) mass is 282 g/mol. The molecular weight excluding hydrogens is 263 g/mol. The van der Waals surface area contributed by atoms with Crippen molar-refractivity contribution in [3.05, 3.63) is 29.6 Å². The van der Waals surface area contributed by atoms with E-state index in [2.05, 4.69) is 0 Å². The summed E-state index contributed by atoms with van der Waals surface area (Å²) in [6.45, 7) is 1.12. The number of rotatable bonds is 3. The lowest BCUT2D eigenvalue weighted by Gasteiger charge is -2.35. The number of aliphatic hydroxyl groups is 1. The summed E-state index contributed by atoms with van der Waals surface area (Å²) in [7, 11) is 1.57. The highest BCUT2D eigenvalue weighted by Crippen LogP contribution is 2.23. The maximum absolute atomic E-state index is 13.4. The first-order chi connectivity index (χ1) is 9.43. The standard InChI is InChI=1S/C14H19FN2O3/c1-17(9-14(19)5-7-20-8-6-14)13(18)10-3-2-4-11(15)12(10)16/h2-4,19H,5-9,16H2,1H3. The van der Waals surface area contributed by atoms with Gasteiger partial charge in [-0.1, -0.05) is 6.07 Å². The van der Waals surface area contributed by atoms with Crippen LogP contribution in [0, 0.1) is 5.82 Å². The van der Waals surface area contributed by atoms with Crippen molar-refractivity contribution >= 4 is 11.6 Å². The molecule has 0 radical (unpaired) electrons. The van der Waals surface area contributed by atoms with Gasteiger partial charge in [-0.25, -0.2) is 4.39 Å². The van der Waals surface area contributed by atoms with Gasteiger partial charge in [0.25, 0.3) is 5.91 Å². The molecular formula is C14H19FN2O3. The summed E-state index contributed by atoms with van der Waals surface area (Å²) in [6, 6.07) is 4.12. The van der Waals surface area contributed by atoms with Crippen LogP contribution in [-0.4, -0.2) is 48.3 Å². The fraction of sp³-hybridized carbons (Fsp3) is 0.500. The number of anilines is 1. The summed E-state index contributed by atoms with van der Waals surface area (Å²) in [4.78, 5) is 13.6. The van der Waals surface area contributed by atoms with Gasteiger partial charge in [-0.05, 0) is 12.1 Å². The summed E-state index contributed by atoms with van der Waals surface area (Å²) < 4.78 is 18.6. The lowest BCUT2D eigenvalue weighted by atomic mass is 9.93. The normalized spacial score (nSPS) is 17.8. The van der Waals surface area contributed by atoms with Gasteiger partial charge >= 0.3 is 0 Å². The Labute approximate surface area is 117 Å². The molecule has 110 valence electrons. The van der Waals surface area contributed by atoms with Crippen LogP contribution in [0.3, 0.4) is 0 Å². The number of benzene rings is 1. The molecule has 6 heteroatoms. The van der Waals surface area contributed by atoms with E-state index in [0.717, 1.165) is 0 Å². The summed E-state index contributed by atoms with van der Waals surface area (Å²) in [5.41, 5.74) is 4.58. The smallest absolute Gasteiger partial charge is 0.255 e. The van der Waals surface area contributed by atoms with Gasteiger partial charge in [0.2, 0.25) is 0 Å². The Morgan fingerprint density at radius 2 is 2.15 bits per heavy atom. The van der Waals surface area contributed by atoms with E-state index in [1.165, 1.54) is 23.1 Å². The van der Waals surface area contributed by atoms with E-state index < -0.39 is 17.3 Å². The maximum Gasteiger partial charge on any atom is 0.255 e. The lowest BCUT2D eigenvalue weighted by molar-refractivity contribution is -0.0734. The van der Waals surface area contributed by atoms with Gasteiger partial charge < -0.3 is 20.5 Å². The van der Waals surface area contributed by atoms with Crippen LogP contribution in [0.4, 0.5) is 10.1 Å². The predicted octanol–water partition coefficient (Wildman–Crippen LogP) is 1.02.